The van der Waals surface area contributed by atoms with Crippen molar-refractivity contribution in [3.63, 3.8) is 0 Å². The van der Waals surface area contributed by atoms with E-state index in [-0.39, 0.29) is 5.56 Å². The average Bonchev–Trinajstić information content (AvgIpc) is 2.46. The molecule has 3 heteroatoms. The van der Waals surface area contributed by atoms with Gasteiger partial charge in [-0.15, -0.1) is 0 Å². The van der Waals surface area contributed by atoms with Crippen LogP contribution in [0.1, 0.15) is 5.56 Å². The summed E-state index contributed by atoms with van der Waals surface area (Å²) in [5, 5.41) is 5.60. The van der Waals surface area contributed by atoms with Gasteiger partial charge < -0.3 is 10.3 Å². The Labute approximate surface area is 110 Å². The second-order valence-electron chi connectivity index (χ2n) is 4.40. The quantitative estimate of drug-likeness (QED) is 0.750. The molecule has 1 heterocycles. The molecule has 1 aromatic heterocycles. The molecule has 3 rings (SSSR count). The van der Waals surface area contributed by atoms with Crippen molar-refractivity contribution in [1.29, 1.82) is 0 Å². The van der Waals surface area contributed by atoms with Gasteiger partial charge in [0, 0.05) is 12.7 Å². The molecule has 0 spiro atoms. The van der Waals surface area contributed by atoms with Crippen LogP contribution in [0.5, 0.6) is 0 Å². The number of hydrogen-bond donors (Lipinski definition) is 2. The standard InChI is InChI=1S/C16H14N2O/c19-16-15(9-4-10-17-16)18-11-13-7-3-6-12-5-1-2-8-14(12)13/h1-10,18H,11H2,(H,17,19). The van der Waals surface area contributed by atoms with E-state index in [1.54, 1.807) is 12.3 Å². The Morgan fingerprint density at radius 3 is 2.68 bits per heavy atom. The van der Waals surface area contributed by atoms with Crippen LogP contribution in [0.2, 0.25) is 0 Å². The van der Waals surface area contributed by atoms with E-state index in [2.05, 4.69) is 34.6 Å². The molecular weight excluding hydrogens is 236 g/mol. The van der Waals surface area contributed by atoms with Crippen LogP contribution in [0, 0.1) is 0 Å². The van der Waals surface area contributed by atoms with Crippen LogP contribution in [0.4, 0.5) is 5.69 Å². The molecule has 19 heavy (non-hydrogen) atoms. The maximum absolute atomic E-state index is 11.6. The Balaban J connectivity index is 1.90. The predicted octanol–water partition coefficient (Wildman–Crippen LogP) is 3.14. The summed E-state index contributed by atoms with van der Waals surface area (Å²) < 4.78 is 0. The molecule has 0 bridgehead atoms. The third kappa shape index (κ3) is 2.36. The molecule has 0 aliphatic carbocycles. The van der Waals surface area contributed by atoms with Crippen molar-refractivity contribution in [2.45, 2.75) is 6.54 Å². The largest absolute Gasteiger partial charge is 0.376 e. The molecule has 3 aromatic rings. The first-order valence-electron chi connectivity index (χ1n) is 6.23. The number of aromatic nitrogens is 1. The van der Waals surface area contributed by atoms with Gasteiger partial charge in [-0.05, 0) is 28.5 Å². The molecule has 2 aromatic carbocycles. The van der Waals surface area contributed by atoms with Crippen molar-refractivity contribution in [3.05, 3.63) is 76.7 Å². The van der Waals surface area contributed by atoms with Gasteiger partial charge in [0.05, 0.1) is 0 Å². The second-order valence-corrected chi connectivity index (χ2v) is 4.40. The van der Waals surface area contributed by atoms with E-state index in [9.17, 15) is 4.79 Å². The Hall–Kier alpha value is -2.55. The summed E-state index contributed by atoms with van der Waals surface area (Å²) in [7, 11) is 0. The van der Waals surface area contributed by atoms with E-state index >= 15 is 0 Å². The highest BCUT2D eigenvalue weighted by Gasteiger charge is 2.01. The van der Waals surface area contributed by atoms with Crippen molar-refractivity contribution in [2.24, 2.45) is 0 Å². The number of nitrogens with one attached hydrogen (secondary N) is 2. The Kier molecular flexibility index (Phi) is 3.02. The zero-order chi connectivity index (χ0) is 13.1. The smallest absolute Gasteiger partial charge is 0.271 e. The summed E-state index contributed by atoms with van der Waals surface area (Å²) in [5.74, 6) is 0. The number of benzene rings is 2. The van der Waals surface area contributed by atoms with E-state index < -0.39 is 0 Å². The van der Waals surface area contributed by atoms with Crippen molar-refractivity contribution >= 4 is 16.5 Å². The lowest BCUT2D eigenvalue weighted by Crippen LogP contribution is -2.12. The molecule has 0 fully saturated rings. The molecule has 0 amide bonds. The Bertz CT molecular complexity index is 756. The van der Waals surface area contributed by atoms with Crippen LogP contribution in [-0.4, -0.2) is 4.98 Å². The maximum atomic E-state index is 11.6. The highest BCUT2D eigenvalue weighted by atomic mass is 16.1. The lowest BCUT2D eigenvalue weighted by molar-refractivity contribution is 1.13. The van der Waals surface area contributed by atoms with E-state index in [0.717, 1.165) is 0 Å². The van der Waals surface area contributed by atoms with Crippen LogP contribution in [0.25, 0.3) is 10.8 Å². The SMILES string of the molecule is O=c1[nH]cccc1NCc1cccc2ccccc12. The lowest BCUT2D eigenvalue weighted by atomic mass is 10.0. The minimum absolute atomic E-state index is 0.0947. The monoisotopic (exact) mass is 250 g/mol. The summed E-state index contributed by atoms with van der Waals surface area (Å²) in [4.78, 5) is 14.2. The lowest BCUT2D eigenvalue weighted by Gasteiger charge is -2.08. The minimum atomic E-state index is -0.0947. The van der Waals surface area contributed by atoms with Crippen molar-refractivity contribution in [3.8, 4) is 0 Å². The topological polar surface area (TPSA) is 44.9 Å². The van der Waals surface area contributed by atoms with Gasteiger partial charge in [-0.1, -0.05) is 42.5 Å². The van der Waals surface area contributed by atoms with Crippen LogP contribution in [0.3, 0.4) is 0 Å². The zero-order valence-electron chi connectivity index (χ0n) is 10.4. The van der Waals surface area contributed by atoms with Gasteiger partial charge in [-0.2, -0.15) is 0 Å². The first-order valence-corrected chi connectivity index (χ1v) is 6.23. The predicted molar refractivity (Wildman–Crippen MR) is 78.3 cm³/mol. The molecular formula is C16H14N2O. The van der Waals surface area contributed by atoms with E-state index in [0.29, 0.717) is 12.2 Å². The van der Waals surface area contributed by atoms with Crippen molar-refractivity contribution in [1.82, 2.24) is 4.98 Å². The highest BCUT2D eigenvalue weighted by molar-refractivity contribution is 5.85. The van der Waals surface area contributed by atoms with Gasteiger partial charge in [0.2, 0.25) is 0 Å². The summed E-state index contributed by atoms with van der Waals surface area (Å²) in [6, 6.07) is 18.0. The number of anilines is 1. The summed E-state index contributed by atoms with van der Waals surface area (Å²) in [6.45, 7) is 0.633. The molecule has 2 N–H and O–H groups in total. The van der Waals surface area contributed by atoms with Gasteiger partial charge in [0.1, 0.15) is 5.69 Å². The van der Waals surface area contributed by atoms with Gasteiger partial charge >= 0.3 is 0 Å². The zero-order valence-corrected chi connectivity index (χ0v) is 10.4. The number of rotatable bonds is 3. The van der Waals surface area contributed by atoms with Gasteiger partial charge in [-0.25, -0.2) is 0 Å². The van der Waals surface area contributed by atoms with Crippen molar-refractivity contribution in [2.75, 3.05) is 5.32 Å². The number of H-pyrrole nitrogens is 1. The molecule has 3 nitrogen and oxygen atoms in total. The first-order chi connectivity index (χ1) is 9.34. The summed E-state index contributed by atoms with van der Waals surface area (Å²) >= 11 is 0. The Morgan fingerprint density at radius 1 is 0.947 bits per heavy atom. The number of fused-ring (bicyclic) bond motifs is 1. The van der Waals surface area contributed by atoms with Crippen molar-refractivity contribution < 1.29 is 0 Å². The fraction of sp³-hybridized carbons (Fsp3) is 0.0625. The molecule has 0 radical (unpaired) electrons. The van der Waals surface area contributed by atoms with Gasteiger partial charge in [0.25, 0.3) is 5.56 Å². The molecule has 94 valence electrons. The molecule has 0 atom stereocenters. The highest BCUT2D eigenvalue weighted by Crippen LogP contribution is 2.19. The molecule has 0 saturated carbocycles. The molecule has 0 aliphatic heterocycles. The number of pyridine rings is 1. The number of hydrogen-bond acceptors (Lipinski definition) is 2. The summed E-state index contributed by atoms with van der Waals surface area (Å²) in [6.07, 6.45) is 1.63. The number of aromatic amines is 1. The molecule has 0 unspecified atom stereocenters. The Morgan fingerprint density at radius 2 is 1.79 bits per heavy atom. The fourth-order valence-electron chi connectivity index (χ4n) is 2.20. The summed E-state index contributed by atoms with van der Waals surface area (Å²) in [5.41, 5.74) is 1.68. The maximum Gasteiger partial charge on any atom is 0.271 e. The van der Waals surface area contributed by atoms with Gasteiger partial charge in [0.15, 0.2) is 0 Å². The van der Waals surface area contributed by atoms with Crippen LogP contribution < -0.4 is 10.9 Å². The molecule has 0 aliphatic rings. The molecule has 0 saturated heterocycles. The third-order valence-electron chi connectivity index (χ3n) is 3.17. The third-order valence-corrected chi connectivity index (χ3v) is 3.17. The first kappa shape index (κ1) is 11.5. The van der Waals surface area contributed by atoms with E-state index in [1.165, 1.54) is 16.3 Å². The minimum Gasteiger partial charge on any atom is -0.376 e. The van der Waals surface area contributed by atoms with E-state index in [1.807, 2.05) is 24.3 Å². The van der Waals surface area contributed by atoms with Gasteiger partial charge in [-0.3, -0.25) is 4.79 Å². The average molecular weight is 250 g/mol. The normalized spacial score (nSPS) is 10.5. The second kappa shape index (κ2) is 4.98. The fourth-order valence-corrected chi connectivity index (χ4v) is 2.20. The van der Waals surface area contributed by atoms with Crippen LogP contribution in [-0.2, 0) is 6.54 Å². The van der Waals surface area contributed by atoms with Crippen LogP contribution >= 0.6 is 0 Å². The van der Waals surface area contributed by atoms with Crippen LogP contribution in [0.15, 0.2) is 65.6 Å². The van der Waals surface area contributed by atoms with E-state index in [4.69, 9.17) is 0 Å².